The highest BCUT2D eigenvalue weighted by atomic mass is 127. The van der Waals surface area contributed by atoms with E-state index < -0.39 is 0 Å². The number of Topliss-reactive ketones (excluding diaryl/α,β-unsaturated/α-hetero) is 1. The van der Waals surface area contributed by atoms with Gasteiger partial charge in [0.15, 0.2) is 5.78 Å². The third kappa shape index (κ3) is 3.22. The van der Waals surface area contributed by atoms with Gasteiger partial charge in [-0.1, -0.05) is 33.6 Å². The van der Waals surface area contributed by atoms with Crippen molar-refractivity contribution in [3.63, 3.8) is 0 Å². The fourth-order valence-electron chi connectivity index (χ4n) is 0.900. The highest BCUT2D eigenvalue weighted by molar-refractivity contribution is 14.1. The first-order valence-corrected chi connectivity index (χ1v) is 6.27. The van der Waals surface area contributed by atoms with E-state index in [9.17, 15) is 4.79 Å². The molecule has 4 heteroatoms. The van der Waals surface area contributed by atoms with Crippen molar-refractivity contribution in [3.8, 4) is 0 Å². The third-order valence-electron chi connectivity index (χ3n) is 1.56. The van der Waals surface area contributed by atoms with Crippen molar-refractivity contribution in [2.75, 3.05) is 5.33 Å². The van der Waals surface area contributed by atoms with E-state index in [1.807, 2.05) is 6.07 Å². The van der Waals surface area contributed by atoms with Gasteiger partial charge in [-0.2, -0.15) is 0 Å². The summed E-state index contributed by atoms with van der Waals surface area (Å²) >= 11 is 11.2. The summed E-state index contributed by atoms with van der Waals surface area (Å²) in [5.41, 5.74) is 0.685. The van der Waals surface area contributed by atoms with Crippen molar-refractivity contribution < 1.29 is 4.79 Å². The van der Waals surface area contributed by atoms with Crippen LogP contribution in [0, 0.1) is 3.57 Å². The summed E-state index contributed by atoms with van der Waals surface area (Å²) < 4.78 is 0.967. The molecule has 13 heavy (non-hydrogen) atoms. The minimum absolute atomic E-state index is 0.121. The number of rotatable bonds is 3. The molecular formula is C9H7BrClIO. The van der Waals surface area contributed by atoms with Crippen LogP contribution < -0.4 is 0 Å². The molecule has 0 aliphatic carbocycles. The zero-order valence-electron chi connectivity index (χ0n) is 6.69. The molecule has 0 spiro atoms. The predicted octanol–water partition coefficient (Wildman–Crippen LogP) is 3.91. The molecule has 0 radical (unpaired) electrons. The molecule has 1 aromatic carbocycles. The van der Waals surface area contributed by atoms with Crippen molar-refractivity contribution in [2.45, 2.75) is 6.42 Å². The molecule has 0 aromatic heterocycles. The molecule has 1 aromatic rings. The van der Waals surface area contributed by atoms with Gasteiger partial charge in [0.2, 0.25) is 0 Å². The molecular weight excluding hydrogens is 366 g/mol. The maximum absolute atomic E-state index is 11.4. The average molecular weight is 373 g/mol. The summed E-state index contributed by atoms with van der Waals surface area (Å²) in [6.07, 6.45) is 0.511. The molecule has 0 aliphatic heterocycles. The number of carbonyl (C=O) groups excluding carboxylic acids is 1. The maximum atomic E-state index is 11.4. The zero-order chi connectivity index (χ0) is 9.84. The van der Waals surface area contributed by atoms with E-state index in [0.717, 1.165) is 3.57 Å². The Morgan fingerprint density at radius 2 is 2.23 bits per heavy atom. The maximum Gasteiger partial charge on any atom is 0.163 e. The molecule has 0 bridgehead atoms. The second-order valence-electron chi connectivity index (χ2n) is 2.49. The minimum Gasteiger partial charge on any atom is -0.294 e. The van der Waals surface area contributed by atoms with Crippen LogP contribution in [0.4, 0.5) is 0 Å². The van der Waals surface area contributed by atoms with Crippen LogP contribution in [0.15, 0.2) is 18.2 Å². The van der Waals surface area contributed by atoms with Gasteiger partial charge in [0.25, 0.3) is 0 Å². The molecule has 1 rings (SSSR count). The summed E-state index contributed by atoms with van der Waals surface area (Å²) in [6, 6.07) is 5.37. The molecule has 0 heterocycles. The smallest absolute Gasteiger partial charge is 0.163 e. The highest BCUT2D eigenvalue weighted by Crippen LogP contribution is 2.20. The monoisotopic (exact) mass is 372 g/mol. The fraction of sp³-hybridized carbons (Fsp3) is 0.222. The van der Waals surface area contributed by atoms with Gasteiger partial charge in [-0.05, 0) is 34.7 Å². The summed E-state index contributed by atoms with van der Waals surface area (Å²) in [4.78, 5) is 11.4. The molecule has 0 saturated heterocycles. The van der Waals surface area contributed by atoms with Gasteiger partial charge in [-0.15, -0.1) is 0 Å². The number of hydrogen-bond donors (Lipinski definition) is 0. The average Bonchev–Trinajstić information content (AvgIpc) is 2.10. The number of carbonyl (C=O) groups is 1. The van der Waals surface area contributed by atoms with Gasteiger partial charge < -0.3 is 0 Å². The molecule has 0 fully saturated rings. The summed E-state index contributed by atoms with van der Waals surface area (Å²) in [6.45, 7) is 0. The second-order valence-corrected chi connectivity index (χ2v) is 4.85. The SMILES string of the molecule is O=C(CCBr)c1ccc(I)c(Cl)c1. The molecule has 0 N–H and O–H groups in total. The standard InChI is InChI=1S/C9H7BrClIO/c10-4-3-9(13)6-1-2-8(12)7(11)5-6/h1-2,5H,3-4H2. The lowest BCUT2D eigenvalue weighted by Crippen LogP contribution is -1.99. The van der Waals surface area contributed by atoms with Crippen LogP contribution in [0.1, 0.15) is 16.8 Å². The predicted molar refractivity (Wildman–Crippen MR) is 66.9 cm³/mol. The highest BCUT2D eigenvalue weighted by Gasteiger charge is 2.06. The number of alkyl halides is 1. The van der Waals surface area contributed by atoms with Crippen LogP contribution in [0.25, 0.3) is 0 Å². The molecule has 0 aliphatic rings. The Hall–Kier alpha value is 0.390. The minimum atomic E-state index is 0.121. The topological polar surface area (TPSA) is 17.1 Å². The van der Waals surface area contributed by atoms with E-state index in [1.165, 1.54) is 0 Å². The van der Waals surface area contributed by atoms with E-state index in [-0.39, 0.29) is 5.78 Å². The third-order valence-corrected chi connectivity index (χ3v) is 3.53. The van der Waals surface area contributed by atoms with E-state index in [4.69, 9.17) is 11.6 Å². The lowest BCUT2D eigenvalue weighted by Gasteiger charge is -2.00. The van der Waals surface area contributed by atoms with Gasteiger partial charge in [0.05, 0.1) is 5.02 Å². The lowest BCUT2D eigenvalue weighted by atomic mass is 10.1. The second kappa shape index (κ2) is 5.32. The van der Waals surface area contributed by atoms with Crippen molar-refractivity contribution >= 4 is 55.9 Å². The van der Waals surface area contributed by atoms with Crippen LogP contribution in [0.2, 0.25) is 5.02 Å². The number of benzene rings is 1. The van der Waals surface area contributed by atoms with Crippen molar-refractivity contribution in [2.24, 2.45) is 0 Å². The number of ketones is 1. The van der Waals surface area contributed by atoms with Crippen LogP contribution in [0.5, 0.6) is 0 Å². The molecule has 0 unspecified atom stereocenters. The van der Waals surface area contributed by atoms with Crippen LogP contribution in [-0.4, -0.2) is 11.1 Å². The largest absolute Gasteiger partial charge is 0.294 e. The summed E-state index contributed by atoms with van der Waals surface area (Å²) in [5.74, 6) is 0.121. The number of halogens is 3. The van der Waals surface area contributed by atoms with Gasteiger partial charge >= 0.3 is 0 Å². The normalized spacial score (nSPS) is 10.1. The first-order valence-electron chi connectivity index (χ1n) is 3.69. The van der Waals surface area contributed by atoms with Gasteiger partial charge in [0.1, 0.15) is 0 Å². The Labute approximate surface area is 104 Å². The van der Waals surface area contributed by atoms with Crippen LogP contribution >= 0.6 is 50.1 Å². The Morgan fingerprint density at radius 3 is 2.77 bits per heavy atom. The fourth-order valence-corrected chi connectivity index (χ4v) is 1.78. The Kier molecular flexibility index (Phi) is 4.69. The Bertz CT molecular complexity index is 327. The van der Waals surface area contributed by atoms with Crippen molar-refractivity contribution in [1.29, 1.82) is 0 Å². The molecule has 0 saturated carbocycles. The van der Waals surface area contributed by atoms with Crippen molar-refractivity contribution in [1.82, 2.24) is 0 Å². The molecule has 0 atom stereocenters. The molecule has 70 valence electrons. The van der Waals surface area contributed by atoms with E-state index in [1.54, 1.807) is 12.1 Å². The first-order chi connectivity index (χ1) is 6.15. The van der Waals surface area contributed by atoms with E-state index >= 15 is 0 Å². The number of hydrogen-bond acceptors (Lipinski definition) is 1. The van der Waals surface area contributed by atoms with Gasteiger partial charge in [-0.25, -0.2) is 0 Å². The molecule has 1 nitrogen and oxygen atoms in total. The molecule has 0 amide bonds. The lowest BCUT2D eigenvalue weighted by molar-refractivity contribution is 0.0990. The Morgan fingerprint density at radius 1 is 1.54 bits per heavy atom. The first kappa shape index (κ1) is 11.5. The quantitative estimate of drug-likeness (QED) is 0.446. The van der Waals surface area contributed by atoms with Crippen LogP contribution in [0.3, 0.4) is 0 Å². The summed E-state index contributed by atoms with van der Waals surface area (Å²) in [5, 5.41) is 1.33. The van der Waals surface area contributed by atoms with Crippen molar-refractivity contribution in [3.05, 3.63) is 32.4 Å². The summed E-state index contributed by atoms with van der Waals surface area (Å²) in [7, 11) is 0. The zero-order valence-corrected chi connectivity index (χ0v) is 11.2. The Balaban J connectivity index is 2.90. The van der Waals surface area contributed by atoms with Gasteiger partial charge in [0, 0.05) is 20.9 Å². The van der Waals surface area contributed by atoms with E-state index in [0.29, 0.717) is 22.3 Å². The van der Waals surface area contributed by atoms with Gasteiger partial charge in [-0.3, -0.25) is 4.79 Å². The van der Waals surface area contributed by atoms with E-state index in [2.05, 4.69) is 38.5 Å². The van der Waals surface area contributed by atoms with Crippen LogP contribution in [-0.2, 0) is 0 Å².